The fourth-order valence-electron chi connectivity index (χ4n) is 2.74. The molecule has 1 atom stereocenters. The van der Waals surface area contributed by atoms with Gasteiger partial charge in [0, 0.05) is 25.4 Å². The first-order chi connectivity index (χ1) is 11.4. The Labute approximate surface area is 139 Å². The molecule has 2 rings (SSSR count). The van der Waals surface area contributed by atoms with E-state index in [1.165, 1.54) is 0 Å². The maximum Gasteiger partial charge on any atom is 0.311 e. The van der Waals surface area contributed by atoms with Gasteiger partial charge in [-0.2, -0.15) is 5.10 Å². The van der Waals surface area contributed by atoms with Crippen LogP contribution in [0, 0.1) is 5.92 Å². The zero-order valence-corrected chi connectivity index (χ0v) is 13.9. The molecular weight excluding hydrogens is 314 g/mol. The van der Waals surface area contributed by atoms with Crippen molar-refractivity contribution >= 4 is 17.8 Å². The zero-order valence-electron chi connectivity index (χ0n) is 13.9. The molecule has 0 unspecified atom stereocenters. The summed E-state index contributed by atoms with van der Waals surface area (Å²) in [6, 6.07) is -0.411. The maximum absolute atomic E-state index is 12.3. The molecule has 0 spiro atoms. The van der Waals surface area contributed by atoms with Gasteiger partial charge in [0.25, 0.3) is 0 Å². The largest absolute Gasteiger partial charge is 0.481 e. The molecule has 2 amide bonds. The molecule has 9 nitrogen and oxygen atoms in total. The Morgan fingerprint density at radius 2 is 2.04 bits per heavy atom. The summed E-state index contributed by atoms with van der Waals surface area (Å²) in [6.07, 6.45) is 1.53. The van der Waals surface area contributed by atoms with E-state index in [-0.39, 0.29) is 30.0 Å². The lowest BCUT2D eigenvalue weighted by atomic mass is 9.95. The van der Waals surface area contributed by atoms with Crippen LogP contribution in [0.2, 0.25) is 0 Å². The van der Waals surface area contributed by atoms with Crippen LogP contribution < -0.4 is 5.32 Å². The van der Waals surface area contributed by atoms with Crippen molar-refractivity contribution in [1.82, 2.24) is 25.4 Å². The minimum absolute atomic E-state index is 0.0873. The number of piperidine rings is 1. The van der Waals surface area contributed by atoms with E-state index in [4.69, 9.17) is 5.11 Å². The fraction of sp³-hybridized carbons (Fsp3) is 0.667. The third-order valence-corrected chi connectivity index (χ3v) is 4.13. The van der Waals surface area contributed by atoms with Crippen LogP contribution in [0.3, 0.4) is 0 Å². The van der Waals surface area contributed by atoms with Crippen molar-refractivity contribution in [2.75, 3.05) is 13.1 Å². The molecule has 0 bridgehead atoms. The number of aliphatic carboxylic acids is 1. The number of carbonyl (C=O) groups excluding carboxylic acids is 2. The summed E-state index contributed by atoms with van der Waals surface area (Å²) in [5.74, 6) is -0.485. The molecule has 0 saturated carbocycles. The molecule has 3 N–H and O–H groups in total. The number of hydrogen-bond donors (Lipinski definition) is 3. The van der Waals surface area contributed by atoms with Gasteiger partial charge in [0.15, 0.2) is 5.82 Å². The number of carboxylic acid groups (broad SMARTS) is 1. The lowest BCUT2D eigenvalue weighted by Gasteiger charge is -2.31. The summed E-state index contributed by atoms with van der Waals surface area (Å²) in [4.78, 5) is 40.5. The Hall–Kier alpha value is -2.45. The van der Waals surface area contributed by atoms with Gasteiger partial charge in [0.05, 0.1) is 6.04 Å². The first-order valence-electron chi connectivity index (χ1n) is 8.11. The van der Waals surface area contributed by atoms with E-state index in [0.717, 1.165) is 0 Å². The number of hydrogen-bond acceptors (Lipinski definition) is 5. The van der Waals surface area contributed by atoms with Crippen LogP contribution in [0.4, 0.5) is 0 Å². The molecule has 0 aliphatic carbocycles. The molecule has 1 saturated heterocycles. The summed E-state index contributed by atoms with van der Waals surface area (Å²) in [7, 11) is 0. The number of aromatic amines is 1. The highest BCUT2D eigenvalue weighted by Gasteiger charge is 2.28. The Bertz CT molecular complexity index is 607. The number of carbonyl (C=O) groups is 3. The monoisotopic (exact) mass is 337 g/mol. The molecule has 1 aliphatic rings. The second-order valence-electron chi connectivity index (χ2n) is 5.95. The fourth-order valence-corrected chi connectivity index (χ4v) is 2.74. The second-order valence-corrected chi connectivity index (χ2v) is 5.95. The molecular formula is C15H23N5O4. The van der Waals surface area contributed by atoms with Crippen LogP contribution in [0.5, 0.6) is 0 Å². The second kappa shape index (κ2) is 7.89. The Balaban J connectivity index is 1.85. The summed E-state index contributed by atoms with van der Waals surface area (Å²) < 4.78 is 0. The van der Waals surface area contributed by atoms with Gasteiger partial charge < -0.3 is 15.3 Å². The molecule has 1 aliphatic heterocycles. The predicted octanol–water partition coefficient (Wildman–Crippen LogP) is 0.258. The molecule has 132 valence electrons. The van der Waals surface area contributed by atoms with Crippen LogP contribution in [-0.2, 0) is 20.8 Å². The van der Waals surface area contributed by atoms with Gasteiger partial charge in [0.2, 0.25) is 11.8 Å². The number of aromatic nitrogens is 3. The smallest absolute Gasteiger partial charge is 0.311 e. The standard InChI is InChI=1S/C15H23N5O4/c1-3-12(21)20-6-4-10(5-7-20)15(24)16-9(2)14-17-11(18-19-14)8-13(22)23/h9-10H,3-8H2,1-2H3,(H,16,24)(H,22,23)(H,17,18,19)/t9-/m1/s1. The highest BCUT2D eigenvalue weighted by atomic mass is 16.4. The van der Waals surface area contributed by atoms with E-state index in [9.17, 15) is 14.4 Å². The highest BCUT2D eigenvalue weighted by molar-refractivity contribution is 5.80. The van der Waals surface area contributed by atoms with Crippen molar-refractivity contribution in [2.24, 2.45) is 5.92 Å². The summed E-state index contributed by atoms with van der Waals surface area (Å²) in [6.45, 7) is 4.78. The summed E-state index contributed by atoms with van der Waals surface area (Å²) in [5.41, 5.74) is 0. The number of nitrogens with zero attached hydrogens (tertiary/aromatic N) is 3. The Morgan fingerprint density at radius 1 is 1.38 bits per heavy atom. The normalized spacial score (nSPS) is 16.7. The summed E-state index contributed by atoms with van der Waals surface area (Å²) in [5, 5.41) is 18.1. The van der Waals surface area contributed by atoms with Gasteiger partial charge in [-0.25, -0.2) is 4.98 Å². The maximum atomic E-state index is 12.3. The van der Waals surface area contributed by atoms with Crippen molar-refractivity contribution in [3.05, 3.63) is 11.6 Å². The number of likely N-dealkylation sites (tertiary alicyclic amines) is 1. The van der Waals surface area contributed by atoms with Gasteiger partial charge in [-0.1, -0.05) is 6.92 Å². The van der Waals surface area contributed by atoms with E-state index in [1.54, 1.807) is 11.8 Å². The topological polar surface area (TPSA) is 128 Å². The predicted molar refractivity (Wildman–Crippen MR) is 83.9 cm³/mol. The number of nitrogens with one attached hydrogen (secondary N) is 2. The molecule has 1 aromatic heterocycles. The lowest BCUT2D eigenvalue weighted by Crippen LogP contribution is -2.43. The Kier molecular flexibility index (Phi) is 5.88. The van der Waals surface area contributed by atoms with Crippen molar-refractivity contribution in [3.8, 4) is 0 Å². The minimum Gasteiger partial charge on any atom is -0.481 e. The quantitative estimate of drug-likeness (QED) is 0.683. The van der Waals surface area contributed by atoms with Crippen LogP contribution in [0.1, 0.15) is 50.8 Å². The molecule has 9 heteroatoms. The molecule has 0 aromatic carbocycles. The number of rotatable bonds is 6. The van der Waals surface area contributed by atoms with Gasteiger partial charge in [0.1, 0.15) is 12.2 Å². The zero-order chi connectivity index (χ0) is 17.7. The van der Waals surface area contributed by atoms with Crippen LogP contribution in [0.25, 0.3) is 0 Å². The van der Waals surface area contributed by atoms with E-state index in [2.05, 4.69) is 20.5 Å². The number of carboxylic acids is 1. The summed E-state index contributed by atoms with van der Waals surface area (Å²) >= 11 is 0. The van der Waals surface area contributed by atoms with Crippen molar-refractivity contribution in [2.45, 2.75) is 45.6 Å². The molecule has 1 fully saturated rings. The molecule has 1 aromatic rings. The van der Waals surface area contributed by atoms with Crippen LogP contribution in [-0.4, -0.2) is 56.1 Å². The van der Waals surface area contributed by atoms with Gasteiger partial charge in [-0.3, -0.25) is 19.5 Å². The van der Waals surface area contributed by atoms with Crippen molar-refractivity contribution < 1.29 is 19.5 Å². The van der Waals surface area contributed by atoms with Crippen molar-refractivity contribution in [3.63, 3.8) is 0 Å². The van der Waals surface area contributed by atoms with E-state index < -0.39 is 12.0 Å². The number of amides is 2. The highest BCUT2D eigenvalue weighted by Crippen LogP contribution is 2.19. The van der Waals surface area contributed by atoms with Crippen LogP contribution in [0.15, 0.2) is 0 Å². The average molecular weight is 337 g/mol. The minimum atomic E-state index is -0.997. The lowest BCUT2D eigenvalue weighted by molar-refractivity contribution is -0.136. The first kappa shape index (κ1) is 17.9. The van der Waals surface area contributed by atoms with Gasteiger partial charge in [-0.15, -0.1) is 0 Å². The molecule has 2 heterocycles. The molecule has 24 heavy (non-hydrogen) atoms. The van der Waals surface area contributed by atoms with Crippen molar-refractivity contribution in [1.29, 1.82) is 0 Å². The third kappa shape index (κ3) is 4.53. The first-order valence-corrected chi connectivity index (χ1v) is 8.11. The van der Waals surface area contributed by atoms with E-state index in [0.29, 0.717) is 38.2 Å². The van der Waals surface area contributed by atoms with E-state index >= 15 is 0 Å². The SMILES string of the molecule is CCC(=O)N1CCC(C(=O)N[C@H](C)c2n[nH]c(CC(=O)O)n2)CC1. The van der Waals surface area contributed by atoms with Gasteiger partial charge in [-0.05, 0) is 19.8 Å². The molecule has 0 radical (unpaired) electrons. The van der Waals surface area contributed by atoms with Gasteiger partial charge >= 0.3 is 5.97 Å². The third-order valence-electron chi connectivity index (χ3n) is 4.13. The Morgan fingerprint density at radius 3 is 2.62 bits per heavy atom. The van der Waals surface area contributed by atoms with E-state index in [1.807, 2.05) is 6.92 Å². The average Bonchev–Trinajstić information content (AvgIpc) is 3.02. The van der Waals surface area contributed by atoms with Crippen LogP contribution >= 0.6 is 0 Å². The number of H-pyrrole nitrogens is 1.